The van der Waals surface area contributed by atoms with Gasteiger partial charge in [0.2, 0.25) is 5.88 Å². The number of carbonyl (C=O) groups excluding carboxylic acids is 1. The molecule has 1 aromatic heterocycles. The van der Waals surface area contributed by atoms with Crippen LogP contribution in [-0.4, -0.2) is 30.2 Å². The molecule has 1 amide bonds. The molecule has 2 aromatic rings. The van der Waals surface area contributed by atoms with Crippen LogP contribution in [0.1, 0.15) is 22.3 Å². The molecule has 1 aromatic carbocycles. The predicted molar refractivity (Wildman–Crippen MR) is 81.6 cm³/mol. The summed E-state index contributed by atoms with van der Waals surface area (Å²) in [5.74, 6) is -1.55. The lowest BCUT2D eigenvalue weighted by atomic mass is 10.2. The number of ether oxygens (including phenoxy) is 2. The van der Waals surface area contributed by atoms with E-state index in [9.17, 15) is 13.6 Å². The number of aromatic nitrogens is 1. The molecule has 126 valence electrons. The quantitative estimate of drug-likeness (QED) is 0.912. The van der Waals surface area contributed by atoms with Crippen LogP contribution in [0.2, 0.25) is 0 Å². The lowest BCUT2D eigenvalue weighted by Crippen LogP contribution is -2.24. The van der Waals surface area contributed by atoms with Crippen LogP contribution in [0.25, 0.3) is 0 Å². The summed E-state index contributed by atoms with van der Waals surface area (Å²) >= 11 is 0. The van der Waals surface area contributed by atoms with Crippen molar-refractivity contribution in [2.75, 3.05) is 13.2 Å². The Morgan fingerprint density at radius 2 is 2.12 bits per heavy atom. The summed E-state index contributed by atoms with van der Waals surface area (Å²) in [6.07, 6.45) is 2.14. The van der Waals surface area contributed by atoms with Crippen LogP contribution in [-0.2, 0) is 11.3 Å². The van der Waals surface area contributed by atoms with Gasteiger partial charge < -0.3 is 14.8 Å². The number of halogens is 2. The minimum absolute atomic E-state index is 0.0803. The maximum atomic E-state index is 13.6. The number of rotatable bonds is 5. The second-order valence-electron chi connectivity index (χ2n) is 5.37. The van der Waals surface area contributed by atoms with Crippen molar-refractivity contribution < 1.29 is 23.0 Å². The fourth-order valence-electron chi connectivity index (χ4n) is 2.36. The van der Waals surface area contributed by atoms with E-state index in [1.54, 1.807) is 0 Å². The second kappa shape index (κ2) is 7.35. The Bertz CT molecular complexity index is 713. The molecule has 2 heterocycles. The number of hydrogen-bond acceptors (Lipinski definition) is 4. The highest BCUT2D eigenvalue weighted by Crippen LogP contribution is 2.16. The molecule has 5 nitrogen and oxygen atoms in total. The Hall–Kier alpha value is -2.54. The van der Waals surface area contributed by atoms with Gasteiger partial charge in [0, 0.05) is 36.4 Å². The summed E-state index contributed by atoms with van der Waals surface area (Å²) < 4.78 is 38.0. The molecule has 1 aliphatic rings. The monoisotopic (exact) mass is 334 g/mol. The van der Waals surface area contributed by atoms with Gasteiger partial charge in [0.1, 0.15) is 17.7 Å². The maximum absolute atomic E-state index is 13.6. The van der Waals surface area contributed by atoms with Gasteiger partial charge in [0.25, 0.3) is 5.91 Å². The number of hydrogen-bond donors (Lipinski definition) is 1. The summed E-state index contributed by atoms with van der Waals surface area (Å²) in [5.41, 5.74) is 0.121. The third kappa shape index (κ3) is 3.86. The lowest BCUT2D eigenvalue weighted by molar-refractivity contribution is 0.0948. The molecule has 3 rings (SSSR count). The summed E-state index contributed by atoms with van der Waals surface area (Å²) in [6, 6.07) is 6.56. The van der Waals surface area contributed by atoms with Crippen LogP contribution in [0, 0.1) is 11.6 Å². The zero-order chi connectivity index (χ0) is 16.9. The van der Waals surface area contributed by atoms with Crippen LogP contribution in [0.15, 0.2) is 36.5 Å². The maximum Gasteiger partial charge on any atom is 0.251 e. The zero-order valence-electron chi connectivity index (χ0n) is 12.8. The van der Waals surface area contributed by atoms with Gasteiger partial charge in [-0.15, -0.1) is 0 Å². The van der Waals surface area contributed by atoms with Crippen molar-refractivity contribution in [3.05, 3.63) is 59.3 Å². The Morgan fingerprint density at radius 1 is 1.33 bits per heavy atom. The van der Waals surface area contributed by atoms with Gasteiger partial charge in [-0.05, 0) is 18.2 Å². The molecule has 1 atom stereocenters. The third-order valence-electron chi connectivity index (χ3n) is 3.66. The summed E-state index contributed by atoms with van der Waals surface area (Å²) in [4.78, 5) is 16.2. The normalized spacial score (nSPS) is 16.8. The van der Waals surface area contributed by atoms with E-state index in [1.165, 1.54) is 24.4 Å². The summed E-state index contributed by atoms with van der Waals surface area (Å²) in [5, 5.41) is 2.49. The Labute approximate surface area is 137 Å². The number of benzene rings is 1. The molecule has 7 heteroatoms. The average molecular weight is 334 g/mol. The number of nitrogens with zero attached hydrogens (tertiary/aromatic N) is 1. The fraction of sp³-hybridized carbons (Fsp3) is 0.294. The minimum atomic E-state index is -0.699. The molecule has 1 aliphatic heterocycles. The predicted octanol–water partition coefficient (Wildman–Crippen LogP) is 2.46. The van der Waals surface area contributed by atoms with E-state index in [0.29, 0.717) is 24.7 Å². The van der Waals surface area contributed by atoms with Gasteiger partial charge in [0.15, 0.2) is 0 Å². The number of carbonyl (C=O) groups is 1. The summed E-state index contributed by atoms with van der Waals surface area (Å²) in [7, 11) is 0. The largest absolute Gasteiger partial charge is 0.472 e. The van der Waals surface area contributed by atoms with Crippen molar-refractivity contribution in [1.29, 1.82) is 0 Å². The average Bonchev–Trinajstić information content (AvgIpc) is 3.07. The topological polar surface area (TPSA) is 60.5 Å². The van der Waals surface area contributed by atoms with Gasteiger partial charge in [-0.25, -0.2) is 13.8 Å². The molecule has 24 heavy (non-hydrogen) atoms. The SMILES string of the molecule is O=C(NCc1c(F)cccc1F)c1ccnc(O[C@@H]2CCOC2)c1. The number of amides is 1. The van der Waals surface area contributed by atoms with Crippen molar-refractivity contribution in [3.63, 3.8) is 0 Å². The van der Waals surface area contributed by atoms with E-state index < -0.39 is 17.5 Å². The first kappa shape index (κ1) is 16.3. The van der Waals surface area contributed by atoms with Gasteiger partial charge in [-0.2, -0.15) is 0 Å². The highest BCUT2D eigenvalue weighted by Gasteiger charge is 2.18. The van der Waals surface area contributed by atoms with E-state index in [-0.39, 0.29) is 18.2 Å². The van der Waals surface area contributed by atoms with Crippen LogP contribution in [0.5, 0.6) is 5.88 Å². The van der Waals surface area contributed by atoms with E-state index in [4.69, 9.17) is 9.47 Å². The van der Waals surface area contributed by atoms with E-state index in [2.05, 4.69) is 10.3 Å². The van der Waals surface area contributed by atoms with Crippen LogP contribution in [0.4, 0.5) is 8.78 Å². The van der Waals surface area contributed by atoms with Crippen molar-refractivity contribution in [2.24, 2.45) is 0 Å². The number of nitrogens with one attached hydrogen (secondary N) is 1. The Morgan fingerprint density at radius 3 is 2.83 bits per heavy atom. The van der Waals surface area contributed by atoms with Gasteiger partial charge in [-0.1, -0.05) is 6.07 Å². The second-order valence-corrected chi connectivity index (χ2v) is 5.37. The smallest absolute Gasteiger partial charge is 0.251 e. The molecule has 0 spiro atoms. The highest BCUT2D eigenvalue weighted by atomic mass is 19.1. The first-order valence-corrected chi connectivity index (χ1v) is 7.55. The van der Waals surface area contributed by atoms with Crippen molar-refractivity contribution in [3.8, 4) is 5.88 Å². The summed E-state index contributed by atoms with van der Waals surface area (Å²) in [6.45, 7) is 0.885. The molecule has 0 bridgehead atoms. The highest BCUT2D eigenvalue weighted by molar-refractivity contribution is 5.94. The van der Waals surface area contributed by atoms with Crippen molar-refractivity contribution >= 4 is 5.91 Å². The van der Waals surface area contributed by atoms with Crippen LogP contribution in [0.3, 0.4) is 0 Å². The van der Waals surface area contributed by atoms with E-state index in [0.717, 1.165) is 18.6 Å². The molecule has 0 unspecified atom stereocenters. The Balaban J connectivity index is 1.64. The van der Waals surface area contributed by atoms with Crippen molar-refractivity contribution in [1.82, 2.24) is 10.3 Å². The molecular formula is C17H16F2N2O3. The molecule has 1 fully saturated rings. The lowest BCUT2D eigenvalue weighted by Gasteiger charge is -2.12. The zero-order valence-corrected chi connectivity index (χ0v) is 12.8. The first-order chi connectivity index (χ1) is 11.6. The van der Waals surface area contributed by atoms with Crippen LogP contribution >= 0.6 is 0 Å². The van der Waals surface area contributed by atoms with Gasteiger partial charge in [-0.3, -0.25) is 4.79 Å². The molecular weight excluding hydrogens is 318 g/mol. The standard InChI is InChI=1S/C17H16F2N2O3/c18-14-2-1-3-15(19)13(14)9-21-17(22)11-4-6-20-16(8-11)24-12-5-7-23-10-12/h1-4,6,8,12H,5,7,9-10H2,(H,21,22)/t12-/m1/s1. The molecule has 0 aliphatic carbocycles. The molecule has 1 saturated heterocycles. The Kier molecular flexibility index (Phi) is 5.00. The van der Waals surface area contributed by atoms with Crippen LogP contribution < -0.4 is 10.1 Å². The fourth-order valence-corrected chi connectivity index (χ4v) is 2.36. The minimum Gasteiger partial charge on any atom is -0.472 e. The van der Waals surface area contributed by atoms with Crippen molar-refractivity contribution in [2.45, 2.75) is 19.1 Å². The molecule has 1 N–H and O–H groups in total. The molecule has 0 radical (unpaired) electrons. The van der Waals surface area contributed by atoms with E-state index in [1.807, 2.05) is 0 Å². The first-order valence-electron chi connectivity index (χ1n) is 7.55. The van der Waals surface area contributed by atoms with Gasteiger partial charge >= 0.3 is 0 Å². The van der Waals surface area contributed by atoms with E-state index >= 15 is 0 Å². The third-order valence-corrected chi connectivity index (χ3v) is 3.66. The molecule has 0 saturated carbocycles. The number of pyridine rings is 1. The van der Waals surface area contributed by atoms with Gasteiger partial charge in [0.05, 0.1) is 13.2 Å².